The summed E-state index contributed by atoms with van der Waals surface area (Å²) in [5.41, 5.74) is 11.8. The van der Waals surface area contributed by atoms with E-state index >= 15 is 0 Å². The van der Waals surface area contributed by atoms with Crippen LogP contribution in [0.3, 0.4) is 0 Å². The molecule has 2 heteroatoms. The average molecular weight is 254 g/mol. The van der Waals surface area contributed by atoms with E-state index in [-0.39, 0.29) is 6.04 Å². The number of nitrogens with two attached hydrogens (primary N) is 1. The Labute approximate surface area is 115 Å². The molecule has 19 heavy (non-hydrogen) atoms. The minimum atomic E-state index is 0.168. The van der Waals surface area contributed by atoms with Crippen molar-refractivity contribution in [3.05, 3.63) is 58.9 Å². The molecule has 0 saturated carbocycles. The molecule has 1 aromatic heterocycles. The Morgan fingerprint density at radius 2 is 2.05 bits per heavy atom. The van der Waals surface area contributed by atoms with Crippen molar-refractivity contribution in [3.63, 3.8) is 0 Å². The van der Waals surface area contributed by atoms with Gasteiger partial charge in [0.15, 0.2) is 0 Å². The molecule has 2 nitrogen and oxygen atoms in total. The van der Waals surface area contributed by atoms with E-state index in [1.807, 2.05) is 0 Å². The quantitative estimate of drug-likeness (QED) is 0.890. The zero-order valence-corrected chi connectivity index (χ0v) is 11.6. The molecule has 1 aliphatic rings. The molecule has 2 N–H and O–H groups in total. The predicted octanol–water partition coefficient (Wildman–Crippen LogP) is 3.43. The maximum atomic E-state index is 6.06. The Bertz CT molecular complexity index is 568. The fourth-order valence-electron chi connectivity index (χ4n) is 2.95. The number of hydrogen-bond donors (Lipinski definition) is 1. The van der Waals surface area contributed by atoms with Crippen molar-refractivity contribution in [2.45, 2.75) is 45.2 Å². The molecule has 100 valence electrons. The summed E-state index contributed by atoms with van der Waals surface area (Å²) < 4.78 is 2.24. The van der Waals surface area contributed by atoms with Crippen molar-refractivity contribution in [1.29, 1.82) is 0 Å². The van der Waals surface area contributed by atoms with Crippen LogP contribution >= 0.6 is 0 Å². The maximum absolute atomic E-state index is 6.06. The van der Waals surface area contributed by atoms with E-state index in [2.05, 4.69) is 48.1 Å². The summed E-state index contributed by atoms with van der Waals surface area (Å²) in [6.45, 7) is 3.08. The lowest BCUT2D eigenvalue weighted by Gasteiger charge is -2.07. The van der Waals surface area contributed by atoms with E-state index in [4.69, 9.17) is 5.73 Å². The van der Waals surface area contributed by atoms with Crippen molar-refractivity contribution in [2.75, 3.05) is 0 Å². The zero-order chi connectivity index (χ0) is 13.2. The predicted molar refractivity (Wildman–Crippen MR) is 79.2 cm³/mol. The van der Waals surface area contributed by atoms with Crippen LogP contribution in [0, 0.1) is 0 Å². The van der Waals surface area contributed by atoms with Crippen LogP contribution in [0.1, 0.15) is 48.1 Å². The molecule has 0 aliphatic heterocycles. The molecule has 1 atom stereocenters. The minimum Gasteiger partial charge on any atom is -0.350 e. The first-order valence-corrected chi connectivity index (χ1v) is 7.28. The molecule has 0 bridgehead atoms. The van der Waals surface area contributed by atoms with E-state index in [1.165, 1.54) is 30.4 Å². The highest BCUT2D eigenvalue weighted by atomic mass is 14.9. The Kier molecular flexibility index (Phi) is 3.43. The van der Waals surface area contributed by atoms with Crippen LogP contribution < -0.4 is 5.73 Å². The molecular weight excluding hydrogens is 232 g/mol. The second-order valence-electron chi connectivity index (χ2n) is 5.59. The van der Waals surface area contributed by atoms with Crippen LogP contribution in [0.5, 0.6) is 0 Å². The van der Waals surface area contributed by atoms with Crippen molar-refractivity contribution >= 4 is 0 Å². The lowest BCUT2D eigenvalue weighted by Crippen LogP contribution is -2.07. The summed E-state index contributed by atoms with van der Waals surface area (Å²) in [6, 6.07) is 9.26. The molecule has 3 rings (SSSR count). The van der Waals surface area contributed by atoms with Crippen molar-refractivity contribution in [2.24, 2.45) is 5.73 Å². The summed E-state index contributed by atoms with van der Waals surface area (Å²) in [6.07, 6.45) is 9.13. The van der Waals surface area contributed by atoms with Crippen LogP contribution in [0.15, 0.2) is 36.7 Å². The second kappa shape index (κ2) is 5.22. The van der Waals surface area contributed by atoms with E-state index in [0.29, 0.717) is 0 Å². The molecule has 0 radical (unpaired) electrons. The van der Waals surface area contributed by atoms with Crippen LogP contribution in [-0.4, -0.2) is 4.57 Å². The SMILES string of the molecule is CCC(N)c1ccn(Cc2ccc3c(c2)CCC3)c1. The fraction of sp³-hybridized carbons (Fsp3) is 0.412. The summed E-state index contributed by atoms with van der Waals surface area (Å²) in [5.74, 6) is 0. The number of rotatable bonds is 4. The van der Waals surface area contributed by atoms with Crippen LogP contribution in [0.4, 0.5) is 0 Å². The third kappa shape index (κ3) is 2.59. The molecule has 1 aliphatic carbocycles. The van der Waals surface area contributed by atoms with Gasteiger partial charge in [-0.3, -0.25) is 0 Å². The van der Waals surface area contributed by atoms with Gasteiger partial charge >= 0.3 is 0 Å². The average Bonchev–Trinajstić information content (AvgIpc) is 3.06. The topological polar surface area (TPSA) is 30.9 Å². The number of nitrogens with zero attached hydrogens (tertiary/aromatic N) is 1. The standard InChI is InChI=1S/C17H22N2/c1-2-17(18)16-8-9-19(12-16)11-13-6-7-14-4-3-5-15(14)10-13/h6-10,12,17H,2-5,11,18H2,1H3. The van der Waals surface area contributed by atoms with E-state index < -0.39 is 0 Å². The normalized spacial score (nSPS) is 15.5. The minimum absolute atomic E-state index is 0.168. The highest BCUT2D eigenvalue weighted by molar-refractivity contribution is 5.35. The Morgan fingerprint density at radius 3 is 2.89 bits per heavy atom. The number of hydrogen-bond acceptors (Lipinski definition) is 1. The van der Waals surface area contributed by atoms with Crippen molar-refractivity contribution in [3.8, 4) is 0 Å². The highest BCUT2D eigenvalue weighted by Crippen LogP contribution is 2.23. The lowest BCUT2D eigenvalue weighted by molar-refractivity contribution is 0.693. The first-order chi connectivity index (χ1) is 9.26. The number of aromatic nitrogens is 1. The molecule has 1 heterocycles. The third-order valence-electron chi connectivity index (χ3n) is 4.17. The Hall–Kier alpha value is -1.54. The van der Waals surface area contributed by atoms with Gasteiger partial charge in [0.2, 0.25) is 0 Å². The van der Waals surface area contributed by atoms with E-state index in [9.17, 15) is 0 Å². The molecule has 1 aromatic carbocycles. The molecule has 0 spiro atoms. The molecular formula is C17H22N2. The summed E-state index contributed by atoms with van der Waals surface area (Å²) in [5, 5.41) is 0. The van der Waals surface area contributed by atoms with Crippen LogP contribution in [0.2, 0.25) is 0 Å². The van der Waals surface area contributed by atoms with Crippen molar-refractivity contribution < 1.29 is 0 Å². The van der Waals surface area contributed by atoms with Gasteiger partial charge < -0.3 is 10.3 Å². The van der Waals surface area contributed by atoms with Gasteiger partial charge in [-0.25, -0.2) is 0 Å². The van der Waals surface area contributed by atoms with Gasteiger partial charge in [-0.15, -0.1) is 0 Å². The molecule has 2 aromatic rings. The van der Waals surface area contributed by atoms with Gasteiger partial charge in [-0.05, 0) is 54.0 Å². The lowest BCUT2D eigenvalue weighted by atomic mass is 10.1. The van der Waals surface area contributed by atoms with Gasteiger partial charge in [0.25, 0.3) is 0 Å². The monoisotopic (exact) mass is 254 g/mol. The summed E-state index contributed by atoms with van der Waals surface area (Å²) in [4.78, 5) is 0. The van der Waals surface area contributed by atoms with E-state index in [0.717, 1.165) is 13.0 Å². The first kappa shape index (κ1) is 12.5. The van der Waals surface area contributed by atoms with Gasteiger partial charge in [-0.2, -0.15) is 0 Å². The number of benzene rings is 1. The molecule has 0 amide bonds. The summed E-state index contributed by atoms with van der Waals surface area (Å²) >= 11 is 0. The van der Waals surface area contributed by atoms with Crippen molar-refractivity contribution in [1.82, 2.24) is 4.57 Å². The van der Waals surface area contributed by atoms with Gasteiger partial charge in [0.05, 0.1) is 0 Å². The number of fused-ring (bicyclic) bond motifs is 1. The second-order valence-corrected chi connectivity index (χ2v) is 5.59. The van der Waals surface area contributed by atoms with Gasteiger partial charge in [-0.1, -0.05) is 25.1 Å². The Morgan fingerprint density at radius 1 is 1.21 bits per heavy atom. The molecule has 0 saturated heterocycles. The first-order valence-electron chi connectivity index (χ1n) is 7.28. The Balaban J connectivity index is 1.76. The van der Waals surface area contributed by atoms with E-state index in [1.54, 1.807) is 11.1 Å². The van der Waals surface area contributed by atoms with Crippen LogP contribution in [0.25, 0.3) is 0 Å². The van der Waals surface area contributed by atoms with Gasteiger partial charge in [0, 0.05) is 25.0 Å². The maximum Gasteiger partial charge on any atom is 0.0470 e. The zero-order valence-electron chi connectivity index (χ0n) is 11.6. The molecule has 1 unspecified atom stereocenters. The third-order valence-corrected chi connectivity index (χ3v) is 4.17. The smallest absolute Gasteiger partial charge is 0.0470 e. The molecule has 0 fully saturated rings. The fourth-order valence-corrected chi connectivity index (χ4v) is 2.95. The number of aryl methyl sites for hydroxylation is 2. The largest absolute Gasteiger partial charge is 0.350 e. The van der Waals surface area contributed by atoms with Crippen LogP contribution in [-0.2, 0) is 19.4 Å². The highest BCUT2D eigenvalue weighted by Gasteiger charge is 2.11. The van der Waals surface area contributed by atoms with Gasteiger partial charge in [0.1, 0.15) is 0 Å². The summed E-state index contributed by atoms with van der Waals surface area (Å²) in [7, 11) is 0.